The predicted octanol–water partition coefficient (Wildman–Crippen LogP) is 2.42. The predicted molar refractivity (Wildman–Crippen MR) is 64.9 cm³/mol. The monoisotopic (exact) mass is 194 g/mol. The summed E-state index contributed by atoms with van der Waals surface area (Å²) < 4.78 is 0. The van der Waals surface area contributed by atoms with Crippen LogP contribution in [0.3, 0.4) is 0 Å². The van der Waals surface area contributed by atoms with Crippen LogP contribution in [0.4, 0.5) is 5.69 Å². The van der Waals surface area contributed by atoms with Gasteiger partial charge in [-0.05, 0) is 45.5 Å². The average Bonchev–Trinajstić information content (AvgIpc) is 2.23. The van der Waals surface area contributed by atoms with E-state index in [0.29, 0.717) is 0 Å². The molecular formula is C12H22N2. The molecule has 0 radical (unpaired) electrons. The van der Waals surface area contributed by atoms with E-state index in [2.05, 4.69) is 55.7 Å². The molecular weight excluding hydrogens is 172 g/mol. The highest BCUT2D eigenvalue weighted by Gasteiger charge is 1.99. The standard InChI is InChI=1S/C11H17N.CH5N/c1-4-12(5-2)11-8-6-7-10(3)9-11;1-2/h6-9H,4-5H2,1-3H3;2H2,1H3. The molecule has 1 aromatic carbocycles. The van der Waals surface area contributed by atoms with Gasteiger partial charge < -0.3 is 10.6 Å². The lowest BCUT2D eigenvalue weighted by Crippen LogP contribution is -2.21. The molecule has 1 rings (SSSR count). The summed E-state index contributed by atoms with van der Waals surface area (Å²) in [6, 6.07) is 8.64. The Hall–Kier alpha value is -1.02. The van der Waals surface area contributed by atoms with Gasteiger partial charge in [0, 0.05) is 18.8 Å². The largest absolute Gasteiger partial charge is 0.372 e. The fraction of sp³-hybridized carbons (Fsp3) is 0.500. The molecule has 0 atom stereocenters. The summed E-state index contributed by atoms with van der Waals surface area (Å²) in [4.78, 5) is 2.35. The van der Waals surface area contributed by atoms with Crippen LogP contribution in [-0.4, -0.2) is 20.1 Å². The number of nitrogens with two attached hydrogens (primary N) is 1. The third kappa shape index (κ3) is 3.79. The van der Waals surface area contributed by atoms with Gasteiger partial charge in [0.2, 0.25) is 0 Å². The van der Waals surface area contributed by atoms with E-state index >= 15 is 0 Å². The Morgan fingerprint density at radius 3 is 2.14 bits per heavy atom. The highest BCUT2D eigenvalue weighted by atomic mass is 15.1. The third-order valence-corrected chi connectivity index (χ3v) is 2.13. The van der Waals surface area contributed by atoms with Gasteiger partial charge in [0.25, 0.3) is 0 Å². The fourth-order valence-electron chi connectivity index (χ4n) is 1.41. The number of rotatable bonds is 3. The first-order chi connectivity index (χ1) is 6.77. The average molecular weight is 194 g/mol. The molecule has 14 heavy (non-hydrogen) atoms. The summed E-state index contributed by atoms with van der Waals surface area (Å²) in [7, 11) is 1.50. The summed E-state index contributed by atoms with van der Waals surface area (Å²) in [6.07, 6.45) is 0. The van der Waals surface area contributed by atoms with Crippen LogP contribution >= 0.6 is 0 Å². The molecule has 1 aromatic rings. The van der Waals surface area contributed by atoms with E-state index in [9.17, 15) is 0 Å². The zero-order valence-corrected chi connectivity index (χ0v) is 9.75. The van der Waals surface area contributed by atoms with Gasteiger partial charge in [0.05, 0.1) is 0 Å². The Morgan fingerprint density at radius 2 is 1.71 bits per heavy atom. The molecule has 80 valence electrons. The maximum atomic E-state index is 4.50. The van der Waals surface area contributed by atoms with E-state index in [1.807, 2.05) is 0 Å². The first-order valence-electron chi connectivity index (χ1n) is 5.17. The van der Waals surface area contributed by atoms with Crippen LogP contribution < -0.4 is 10.6 Å². The molecule has 0 saturated heterocycles. The lowest BCUT2D eigenvalue weighted by atomic mass is 10.2. The second-order valence-electron chi connectivity index (χ2n) is 3.01. The van der Waals surface area contributed by atoms with Gasteiger partial charge in [0.1, 0.15) is 0 Å². The molecule has 0 aliphatic carbocycles. The van der Waals surface area contributed by atoms with E-state index in [1.165, 1.54) is 18.3 Å². The van der Waals surface area contributed by atoms with Crippen LogP contribution in [0.15, 0.2) is 24.3 Å². The molecule has 0 aliphatic rings. The van der Waals surface area contributed by atoms with Gasteiger partial charge in [-0.3, -0.25) is 0 Å². The van der Waals surface area contributed by atoms with Crippen molar-refractivity contribution in [2.45, 2.75) is 20.8 Å². The molecule has 0 amide bonds. The Morgan fingerprint density at radius 1 is 1.14 bits per heavy atom. The summed E-state index contributed by atoms with van der Waals surface area (Å²) in [5.74, 6) is 0. The van der Waals surface area contributed by atoms with E-state index in [1.54, 1.807) is 0 Å². The molecule has 0 saturated carbocycles. The van der Waals surface area contributed by atoms with Gasteiger partial charge >= 0.3 is 0 Å². The number of nitrogens with zero attached hydrogens (tertiary/aromatic N) is 1. The second-order valence-corrected chi connectivity index (χ2v) is 3.01. The number of hydrogen-bond acceptors (Lipinski definition) is 2. The molecule has 2 nitrogen and oxygen atoms in total. The lowest BCUT2D eigenvalue weighted by molar-refractivity contribution is 0.865. The van der Waals surface area contributed by atoms with Gasteiger partial charge in [-0.25, -0.2) is 0 Å². The van der Waals surface area contributed by atoms with Crippen LogP contribution in [0.2, 0.25) is 0 Å². The molecule has 0 fully saturated rings. The van der Waals surface area contributed by atoms with Crippen molar-refractivity contribution in [2.75, 3.05) is 25.0 Å². The molecule has 0 bridgehead atoms. The maximum Gasteiger partial charge on any atom is 0.0368 e. The van der Waals surface area contributed by atoms with Crippen molar-refractivity contribution in [3.8, 4) is 0 Å². The summed E-state index contributed by atoms with van der Waals surface area (Å²) in [6.45, 7) is 8.67. The van der Waals surface area contributed by atoms with Crippen LogP contribution in [0, 0.1) is 6.92 Å². The Labute approximate surface area is 87.7 Å². The Balaban J connectivity index is 0.000000791. The van der Waals surface area contributed by atoms with Crippen molar-refractivity contribution in [1.29, 1.82) is 0 Å². The molecule has 0 aromatic heterocycles. The first-order valence-corrected chi connectivity index (χ1v) is 5.17. The number of hydrogen-bond donors (Lipinski definition) is 1. The van der Waals surface area contributed by atoms with E-state index in [4.69, 9.17) is 0 Å². The van der Waals surface area contributed by atoms with Crippen LogP contribution in [0.1, 0.15) is 19.4 Å². The van der Waals surface area contributed by atoms with E-state index in [-0.39, 0.29) is 0 Å². The normalized spacial score (nSPS) is 8.93. The second kappa shape index (κ2) is 7.39. The third-order valence-electron chi connectivity index (χ3n) is 2.13. The minimum Gasteiger partial charge on any atom is -0.372 e. The lowest BCUT2D eigenvalue weighted by Gasteiger charge is -2.21. The Bertz CT molecular complexity index is 242. The van der Waals surface area contributed by atoms with E-state index < -0.39 is 0 Å². The fourth-order valence-corrected chi connectivity index (χ4v) is 1.41. The van der Waals surface area contributed by atoms with Gasteiger partial charge in [-0.2, -0.15) is 0 Å². The topological polar surface area (TPSA) is 29.3 Å². The van der Waals surface area contributed by atoms with Crippen molar-refractivity contribution in [3.63, 3.8) is 0 Å². The highest BCUT2D eigenvalue weighted by molar-refractivity contribution is 5.47. The SMILES string of the molecule is CCN(CC)c1cccc(C)c1.CN. The van der Waals surface area contributed by atoms with Crippen molar-refractivity contribution >= 4 is 5.69 Å². The van der Waals surface area contributed by atoms with Crippen molar-refractivity contribution < 1.29 is 0 Å². The molecule has 0 spiro atoms. The van der Waals surface area contributed by atoms with Gasteiger partial charge in [-0.15, -0.1) is 0 Å². The molecule has 0 aliphatic heterocycles. The Kier molecular flexibility index (Phi) is 6.85. The summed E-state index contributed by atoms with van der Waals surface area (Å²) in [5, 5.41) is 0. The van der Waals surface area contributed by atoms with Gasteiger partial charge in [-0.1, -0.05) is 12.1 Å². The van der Waals surface area contributed by atoms with Crippen molar-refractivity contribution in [2.24, 2.45) is 5.73 Å². The van der Waals surface area contributed by atoms with Crippen LogP contribution in [0.25, 0.3) is 0 Å². The maximum absolute atomic E-state index is 4.50. The summed E-state index contributed by atoms with van der Waals surface area (Å²) in [5.41, 5.74) is 7.17. The smallest absolute Gasteiger partial charge is 0.0368 e. The van der Waals surface area contributed by atoms with Crippen LogP contribution in [-0.2, 0) is 0 Å². The molecule has 2 heteroatoms. The number of benzene rings is 1. The number of anilines is 1. The molecule has 2 N–H and O–H groups in total. The van der Waals surface area contributed by atoms with Crippen LogP contribution in [0.5, 0.6) is 0 Å². The highest BCUT2D eigenvalue weighted by Crippen LogP contribution is 2.14. The van der Waals surface area contributed by atoms with Gasteiger partial charge in [0.15, 0.2) is 0 Å². The van der Waals surface area contributed by atoms with Crippen molar-refractivity contribution in [1.82, 2.24) is 0 Å². The van der Waals surface area contributed by atoms with Crippen molar-refractivity contribution in [3.05, 3.63) is 29.8 Å². The molecule has 0 heterocycles. The minimum atomic E-state index is 1.08. The zero-order chi connectivity index (χ0) is 11.0. The molecule has 0 unspecified atom stereocenters. The minimum absolute atomic E-state index is 1.08. The summed E-state index contributed by atoms with van der Waals surface area (Å²) >= 11 is 0. The number of aryl methyl sites for hydroxylation is 1. The zero-order valence-electron chi connectivity index (χ0n) is 9.75. The first kappa shape index (κ1) is 13.0. The van der Waals surface area contributed by atoms with E-state index in [0.717, 1.165) is 13.1 Å². The quantitative estimate of drug-likeness (QED) is 0.800.